The molecule has 0 N–H and O–H groups in total. The number of hydrogen-bond acceptors (Lipinski definition) is 4. The fourth-order valence-corrected chi connectivity index (χ4v) is 2.87. The smallest absolute Gasteiger partial charge is 0.410 e. The third-order valence-corrected chi connectivity index (χ3v) is 4.48. The van der Waals surface area contributed by atoms with Gasteiger partial charge < -0.3 is 9.64 Å². The summed E-state index contributed by atoms with van der Waals surface area (Å²) < 4.78 is 5.40. The summed E-state index contributed by atoms with van der Waals surface area (Å²) >= 11 is 0. The minimum atomic E-state index is -0.433. The molecule has 0 spiro atoms. The van der Waals surface area contributed by atoms with Crippen LogP contribution < -0.4 is 0 Å². The highest BCUT2D eigenvalue weighted by atomic mass is 16.6. The number of nitriles is 1. The van der Waals surface area contributed by atoms with Gasteiger partial charge in [0.25, 0.3) is 0 Å². The van der Waals surface area contributed by atoms with Gasteiger partial charge in [0.1, 0.15) is 5.60 Å². The van der Waals surface area contributed by atoms with Gasteiger partial charge in [-0.15, -0.1) is 0 Å². The van der Waals surface area contributed by atoms with Crippen LogP contribution in [0.1, 0.15) is 46.5 Å². The van der Waals surface area contributed by atoms with E-state index in [4.69, 9.17) is 4.74 Å². The number of carbonyl (C=O) groups excluding carboxylic acids is 1. The lowest BCUT2D eigenvalue weighted by atomic mass is 9.68. The van der Waals surface area contributed by atoms with Crippen LogP contribution in [0, 0.1) is 16.7 Å². The molecule has 0 aromatic heterocycles. The second-order valence-corrected chi connectivity index (χ2v) is 7.30. The molecule has 0 aromatic rings. The number of piperazine rings is 1. The average molecular weight is 293 g/mol. The highest BCUT2D eigenvalue weighted by molar-refractivity contribution is 5.68. The van der Waals surface area contributed by atoms with E-state index in [-0.39, 0.29) is 11.5 Å². The molecule has 0 atom stereocenters. The average Bonchev–Trinajstić information content (AvgIpc) is 2.36. The van der Waals surface area contributed by atoms with Crippen molar-refractivity contribution in [2.24, 2.45) is 5.41 Å². The molecule has 1 aliphatic heterocycles. The van der Waals surface area contributed by atoms with E-state index in [2.05, 4.69) is 11.0 Å². The second-order valence-electron chi connectivity index (χ2n) is 7.30. The van der Waals surface area contributed by atoms with Gasteiger partial charge in [-0.3, -0.25) is 4.90 Å². The minimum absolute atomic E-state index is 0.0533. The SMILES string of the molecule is CC(C)(C)OC(=O)N1CCN(CCC2(C#N)CCC2)CC1. The van der Waals surface area contributed by atoms with Gasteiger partial charge >= 0.3 is 6.09 Å². The lowest BCUT2D eigenvalue weighted by Gasteiger charge is -2.39. The van der Waals surface area contributed by atoms with Crippen molar-refractivity contribution in [3.05, 3.63) is 0 Å². The molecular weight excluding hydrogens is 266 g/mol. The fraction of sp³-hybridized carbons (Fsp3) is 0.875. The maximum atomic E-state index is 12.0. The summed E-state index contributed by atoms with van der Waals surface area (Å²) in [5.74, 6) is 0. The fourth-order valence-electron chi connectivity index (χ4n) is 2.87. The molecule has 21 heavy (non-hydrogen) atoms. The van der Waals surface area contributed by atoms with E-state index >= 15 is 0 Å². The first-order valence-electron chi connectivity index (χ1n) is 7.95. The minimum Gasteiger partial charge on any atom is -0.444 e. The van der Waals surface area contributed by atoms with E-state index < -0.39 is 5.60 Å². The molecule has 1 amide bonds. The summed E-state index contributed by atoms with van der Waals surface area (Å²) in [4.78, 5) is 16.1. The van der Waals surface area contributed by atoms with E-state index in [9.17, 15) is 10.1 Å². The zero-order valence-electron chi connectivity index (χ0n) is 13.5. The molecule has 5 nitrogen and oxygen atoms in total. The van der Waals surface area contributed by atoms with Gasteiger partial charge in [-0.25, -0.2) is 4.79 Å². The van der Waals surface area contributed by atoms with Gasteiger partial charge in [-0.05, 0) is 46.6 Å². The van der Waals surface area contributed by atoms with Crippen molar-refractivity contribution in [1.82, 2.24) is 9.80 Å². The van der Waals surface area contributed by atoms with Crippen molar-refractivity contribution in [3.8, 4) is 6.07 Å². The molecule has 0 aromatic carbocycles. The second kappa shape index (κ2) is 6.23. The van der Waals surface area contributed by atoms with Crippen LogP contribution in [0.3, 0.4) is 0 Å². The molecule has 0 radical (unpaired) electrons. The Morgan fingerprint density at radius 2 is 1.86 bits per heavy atom. The van der Waals surface area contributed by atoms with Gasteiger partial charge in [0, 0.05) is 26.2 Å². The van der Waals surface area contributed by atoms with E-state index in [1.807, 2.05) is 20.8 Å². The van der Waals surface area contributed by atoms with Crippen LogP contribution in [0.2, 0.25) is 0 Å². The zero-order valence-corrected chi connectivity index (χ0v) is 13.5. The Kier molecular flexibility index (Phi) is 4.77. The van der Waals surface area contributed by atoms with Crippen LogP contribution in [0.5, 0.6) is 0 Å². The number of ether oxygens (including phenoxy) is 1. The predicted molar refractivity (Wildman–Crippen MR) is 80.8 cm³/mol. The number of hydrogen-bond donors (Lipinski definition) is 0. The largest absolute Gasteiger partial charge is 0.444 e. The molecule has 1 heterocycles. The first kappa shape index (κ1) is 16.1. The summed E-state index contributed by atoms with van der Waals surface area (Å²) in [6, 6.07) is 2.50. The van der Waals surface area contributed by atoms with Gasteiger partial charge in [0.05, 0.1) is 11.5 Å². The summed E-state index contributed by atoms with van der Waals surface area (Å²) in [5.41, 5.74) is -0.486. The van der Waals surface area contributed by atoms with E-state index in [1.54, 1.807) is 4.90 Å². The van der Waals surface area contributed by atoms with Gasteiger partial charge in [0.2, 0.25) is 0 Å². The van der Waals surface area contributed by atoms with E-state index in [1.165, 1.54) is 6.42 Å². The summed E-state index contributed by atoms with van der Waals surface area (Å²) in [6.45, 7) is 9.82. The van der Waals surface area contributed by atoms with Gasteiger partial charge in [0.15, 0.2) is 0 Å². The van der Waals surface area contributed by atoms with E-state index in [0.717, 1.165) is 38.9 Å². The van der Waals surface area contributed by atoms with Crippen LogP contribution in [-0.2, 0) is 4.74 Å². The molecule has 1 aliphatic carbocycles. The Hall–Kier alpha value is -1.28. The monoisotopic (exact) mass is 293 g/mol. The van der Waals surface area contributed by atoms with Gasteiger partial charge in [-0.2, -0.15) is 5.26 Å². The van der Waals surface area contributed by atoms with Crippen LogP contribution in [-0.4, -0.2) is 54.2 Å². The first-order valence-corrected chi connectivity index (χ1v) is 7.95. The normalized spacial score (nSPS) is 22.3. The number of nitrogens with zero attached hydrogens (tertiary/aromatic N) is 3. The Morgan fingerprint density at radius 1 is 1.24 bits per heavy atom. The number of carbonyl (C=O) groups is 1. The Labute approximate surface area is 127 Å². The highest BCUT2D eigenvalue weighted by Crippen LogP contribution is 2.43. The summed E-state index contributed by atoms with van der Waals surface area (Å²) in [5, 5.41) is 9.25. The van der Waals surface area contributed by atoms with Crippen molar-refractivity contribution >= 4 is 6.09 Å². The third kappa shape index (κ3) is 4.34. The predicted octanol–water partition coefficient (Wildman–Crippen LogP) is 2.62. The van der Waals surface area contributed by atoms with Crippen molar-refractivity contribution < 1.29 is 9.53 Å². The molecule has 2 fully saturated rings. The molecule has 1 saturated heterocycles. The topological polar surface area (TPSA) is 56.6 Å². The molecule has 1 saturated carbocycles. The van der Waals surface area contributed by atoms with Crippen LogP contribution in [0.25, 0.3) is 0 Å². The summed E-state index contributed by atoms with van der Waals surface area (Å²) in [7, 11) is 0. The molecule has 2 aliphatic rings. The molecule has 0 bridgehead atoms. The maximum Gasteiger partial charge on any atom is 0.410 e. The molecule has 118 valence electrons. The highest BCUT2D eigenvalue weighted by Gasteiger charge is 2.37. The Morgan fingerprint density at radius 3 is 2.29 bits per heavy atom. The maximum absolute atomic E-state index is 12.0. The molecule has 5 heteroatoms. The van der Waals surface area contributed by atoms with Crippen LogP contribution in [0.15, 0.2) is 0 Å². The van der Waals surface area contributed by atoms with Crippen LogP contribution >= 0.6 is 0 Å². The summed E-state index contributed by atoms with van der Waals surface area (Å²) in [6.07, 6.45) is 4.06. The quantitative estimate of drug-likeness (QED) is 0.802. The van der Waals surface area contributed by atoms with Gasteiger partial charge in [-0.1, -0.05) is 6.42 Å². The zero-order chi connectivity index (χ0) is 15.5. The lowest BCUT2D eigenvalue weighted by molar-refractivity contribution is 0.0131. The lowest BCUT2D eigenvalue weighted by Crippen LogP contribution is -2.50. The standard InChI is InChI=1S/C16H27N3O2/c1-15(2,3)21-14(20)19-11-9-18(10-12-19)8-7-16(13-17)5-4-6-16/h4-12H2,1-3H3. The van der Waals surface area contributed by atoms with E-state index in [0.29, 0.717) is 13.1 Å². The third-order valence-electron chi connectivity index (χ3n) is 4.48. The van der Waals surface area contributed by atoms with Crippen molar-refractivity contribution in [3.63, 3.8) is 0 Å². The molecule has 0 unspecified atom stereocenters. The number of rotatable bonds is 3. The van der Waals surface area contributed by atoms with Crippen LogP contribution in [0.4, 0.5) is 4.79 Å². The van der Waals surface area contributed by atoms with Crippen molar-refractivity contribution in [1.29, 1.82) is 5.26 Å². The van der Waals surface area contributed by atoms with Crippen molar-refractivity contribution in [2.45, 2.75) is 52.1 Å². The first-order chi connectivity index (χ1) is 9.84. The molecular formula is C16H27N3O2. The Bertz CT molecular complexity index is 410. The molecule has 2 rings (SSSR count). The van der Waals surface area contributed by atoms with Crippen molar-refractivity contribution in [2.75, 3.05) is 32.7 Å². The number of amides is 1. The Balaban J connectivity index is 1.71.